The molecule has 1 amide bonds. The lowest BCUT2D eigenvalue weighted by Crippen LogP contribution is -2.38. The lowest BCUT2D eigenvalue weighted by molar-refractivity contribution is 0.0809. The van der Waals surface area contributed by atoms with Crippen molar-refractivity contribution in [2.45, 2.75) is 11.1 Å². The van der Waals surface area contributed by atoms with Crippen molar-refractivity contribution in [1.82, 2.24) is 5.32 Å². The van der Waals surface area contributed by atoms with Crippen LogP contribution in [0.5, 0.6) is 5.75 Å². The molecule has 0 fully saturated rings. The molecule has 0 radical (unpaired) electrons. The van der Waals surface area contributed by atoms with Gasteiger partial charge in [-0.1, -0.05) is 0 Å². The van der Waals surface area contributed by atoms with Gasteiger partial charge in [-0.25, -0.2) is 0 Å². The van der Waals surface area contributed by atoms with Crippen molar-refractivity contribution < 1.29 is 14.6 Å². The Hall–Kier alpha value is -0.970. The summed E-state index contributed by atoms with van der Waals surface area (Å²) >= 11 is 10.8. The number of amides is 1. The van der Waals surface area contributed by atoms with Crippen LogP contribution < -0.4 is 10.1 Å². The third-order valence-electron chi connectivity index (χ3n) is 1.87. The Morgan fingerprint density at radius 1 is 1.38 bits per heavy atom. The topological polar surface area (TPSA) is 58.6 Å². The molecule has 1 aromatic carbocycles. The number of benzene rings is 1. The van der Waals surface area contributed by atoms with Crippen LogP contribution in [-0.4, -0.2) is 29.2 Å². The molecule has 1 atom stereocenters. The monoisotopic (exact) mass is 263 g/mol. The second kappa shape index (κ2) is 5.94. The average molecular weight is 264 g/mol. The fourth-order valence-electron chi connectivity index (χ4n) is 1.02. The molecule has 88 valence electrons. The van der Waals surface area contributed by atoms with Crippen LogP contribution in [0.15, 0.2) is 24.3 Å². The van der Waals surface area contributed by atoms with Crippen LogP contribution in [0.1, 0.15) is 10.4 Å². The highest BCUT2D eigenvalue weighted by Crippen LogP contribution is 2.12. The van der Waals surface area contributed by atoms with Gasteiger partial charge in [-0.15, -0.1) is 23.2 Å². The third kappa shape index (κ3) is 3.56. The van der Waals surface area contributed by atoms with Gasteiger partial charge in [0.2, 0.25) is 0 Å². The number of carbonyl (C=O) groups is 1. The van der Waals surface area contributed by atoms with Gasteiger partial charge in [-0.05, 0) is 24.3 Å². The number of methoxy groups -OCH3 is 1. The molecule has 6 heteroatoms. The minimum Gasteiger partial charge on any atom is -0.497 e. The molecule has 4 nitrogen and oxygen atoms in total. The molecule has 0 aliphatic heterocycles. The van der Waals surface area contributed by atoms with E-state index in [4.69, 9.17) is 27.9 Å². The van der Waals surface area contributed by atoms with Crippen LogP contribution >= 0.6 is 23.2 Å². The van der Waals surface area contributed by atoms with Gasteiger partial charge >= 0.3 is 0 Å². The van der Waals surface area contributed by atoms with E-state index in [-0.39, 0.29) is 0 Å². The highest BCUT2D eigenvalue weighted by Gasteiger charge is 2.16. The van der Waals surface area contributed by atoms with Crippen molar-refractivity contribution in [3.8, 4) is 5.75 Å². The Morgan fingerprint density at radius 3 is 2.38 bits per heavy atom. The van der Waals surface area contributed by atoms with Crippen molar-refractivity contribution in [2.24, 2.45) is 0 Å². The summed E-state index contributed by atoms with van der Waals surface area (Å²) in [5, 5.41) is 11.5. The number of halogens is 2. The number of nitrogens with one attached hydrogen (secondary N) is 1. The summed E-state index contributed by atoms with van der Waals surface area (Å²) in [5.41, 5.74) is 0.383. The van der Waals surface area contributed by atoms with Gasteiger partial charge in [0.25, 0.3) is 5.91 Å². The van der Waals surface area contributed by atoms with Crippen molar-refractivity contribution in [3.63, 3.8) is 0 Å². The molecule has 16 heavy (non-hydrogen) atoms. The minimum absolute atomic E-state index is 0.383. The van der Waals surface area contributed by atoms with E-state index in [9.17, 15) is 9.90 Å². The first kappa shape index (κ1) is 13.1. The Kier molecular flexibility index (Phi) is 4.86. The first-order valence-corrected chi connectivity index (χ1v) is 5.33. The van der Waals surface area contributed by atoms with Gasteiger partial charge in [-0.2, -0.15) is 0 Å². The first-order chi connectivity index (χ1) is 7.54. The van der Waals surface area contributed by atoms with E-state index in [2.05, 4.69) is 5.32 Å². The number of carbonyl (C=O) groups excluding carboxylic acids is 1. The van der Waals surface area contributed by atoms with E-state index in [1.54, 1.807) is 24.3 Å². The first-order valence-electron chi connectivity index (χ1n) is 4.45. The number of aliphatic hydroxyl groups is 1. The molecule has 0 heterocycles. The number of hydrogen-bond donors (Lipinski definition) is 2. The predicted octanol–water partition coefficient (Wildman–Crippen LogP) is 1.55. The molecule has 1 rings (SSSR count). The van der Waals surface area contributed by atoms with Crippen LogP contribution in [0.4, 0.5) is 0 Å². The van der Waals surface area contributed by atoms with E-state index in [0.29, 0.717) is 11.3 Å². The highest BCUT2D eigenvalue weighted by molar-refractivity contribution is 6.44. The average Bonchev–Trinajstić information content (AvgIpc) is 2.28. The quantitative estimate of drug-likeness (QED) is 0.640. The van der Waals surface area contributed by atoms with E-state index in [1.807, 2.05) is 0 Å². The van der Waals surface area contributed by atoms with Gasteiger partial charge in [0.15, 0.2) is 11.1 Å². The van der Waals surface area contributed by atoms with Crippen LogP contribution in [-0.2, 0) is 0 Å². The largest absolute Gasteiger partial charge is 0.497 e. The van der Waals surface area contributed by atoms with Gasteiger partial charge in [0, 0.05) is 5.56 Å². The Balaban J connectivity index is 2.66. The number of ether oxygens (including phenoxy) is 1. The maximum atomic E-state index is 11.5. The van der Waals surface area contributed by atoms with Crippen LogP contribution in [0.25, 0.3) is 0 Å². The van der Waals surface area contributed by atoms with E-state index >= 15 is 0 Å². The van der Waals surface area contributed by atoms with E-state index in [0.717, 1.165) is 0 Å². The maximum absolute atomic E-state index is 11.5. The zero-order chi connectivity index (χ0) is 12.1. The summed E-state index contributed by atoms with van der Waals surface area (Å²) in [6.07, 6.45) is -1.29. The molecule has 0 aromatic heterocycles. The fraction of sp³-hybridized carbons (Fsp3) is 0.300. The van der Waals surface area contributed by atoms with Gasteiger partial charge in [0.05, 0.1) is 7.11 Å². The molecule has 0 unspecified atom stereocenters. The van der Waals surface area contributed by atoms with E-state index in [1.165, 1.54) is 7.11 Å². The number of aliphatic hydroxyl groups excluding tert-OH is 1. The second-order valence-corrected chi connectivity index (χ2v) is 4.15. The van der Waals surface area contributed by atoms with Crippen LogP contribution in [0.3, 0.4) is 0 Å². The smallest absolute Gasteiger partial charge is 0.253 e. The van der Waals surface area contributed by atoms with Crippen LogP contribution in [0.2, 0.25) is 0 Å². The predicted molar refractivity (Wildman–Crippen MR) is 62.0 cm³/mol. The SMILES string of the molecule is COc1ccc(C(=O)N[C@@H](O)C(Cl)Cl)cc1. The van der Waals surface area contributed by atoms with E-state index < -0.39 is 17.0 Å². The molecule has 0 aliphatic carbocycles. The summed E-state index contributed by atoms with van der Waals surface area (Å²) in [6.45, 7) is 0. The molecule has 0 saturated heterocycles. The van der Waals surface area contributed by atoms with Crippen molar-refractivity contribution in [3.05, 3.63) is 29.8 Å². The van der Waals surface area contributed by atoms with Crippen molar-refractivity contribution in [1.29, 1.82) is 0 Å². The molecular weight excluding hydrogens is 253 g/mol. The Bertz CT molecular complexity index is 354. The Labute approximate surface area is 103 Å². The molecule has 0 aliphatic rings. The summed E-state index contributed by atoms with van der Waals surface area (Å²) in [5.74, 6) is 0.186. The molecule has 1 aromatic rings. The van der Waals surface area contributed by atoms with Crippen molar-refractivity contribution >= 4 is 29.1 Å². The lowest BCUT2D eigenvalue weighted by Gasteiger charge is -2.13. The molecule has 0 bridgehead atoms. The van der Waals surface area contributed by atoms with Crippen molar-refractivity contribution in [2.75, 3.05) is 7.11 Å². The summed E-state index contributed by atoms with van der Waals surface area (Å²) in [4.78, 5) is 10.5. The minimum atomic E-state index is -1.29. The second-order valence-electron chi connectivity index (χ2n) is 2.98. The summed E-state index contributed by atoms with van der Waals surface area (Å²) < 4.78 is 4.94. The molecule has 0 spiro atoms. The third-order valence-corrected chi connectivity index (χ3v) is 2.35. The zero-order valence-corrected chi connectivity index (χ0v) is 10.00. The standard InChI is InChI=1S/C10H11Cl2NO3/c1-16-7-4-2-6(3-5-7)9(14)13-10(15)8(11)12/h2-5,8,10,15H,1H3,(H,13,14)/t10-/m0/s1. The summed E-state index contributed by atoms with van der Waals surface area (Å²) in [7, 11) is 1.53. The van der Waals surface area contributed by atoms with Crippen LogP contribution in [0, 0.1) is 0 Å². The molecular formula is C10H11Cl2NO3. The summed E-state index contributed by atoms with van der Waals surface area (Å²) in [6, 6.07) is 6.41. The highest BCUT2D eigenvalue weighted by atomic mass is 35.5. The van der Waals surface area contributed by atoms with Gasteiger partial charge in [0.1, 0.15) is 5.75 Å². The van der Waals surface area contributed by atoms with Gasteiger partial charge < -0.3 is 15.2 Å². The zero-order valence-electron chi connectivity index (χ0n) is 8.48. The number of alkyl halides is 2. The van der Waals surface area contributed by atoms with Gasteiger partial charge in [-0.3, -0.25) is 4.79 Å². The number of hydrogen-bond acceptors (Lipinski definition) is 3. The molecule has 2 N–H and O–H groups in total. The lowest BCUT2D eigenvalue weighted by atomic mass is 10.2. The number of rotatable bonds is 4. The Morgan fingerprint density at radius 2 is 1.94 bits per heavy atom. The molecule has 0 saturated carbocycles. The normalized spacial score (nSPS) is 12.3. The fourth-order valence-corrected chi connectivity index (χ4v) is 1.15. The maximum Gasteiger partial charge on any atom is 0.253 e.